The van der Waals surface area contributed by atoms with Gasteiger partial charge in [-0.15, -0.1) is 0 Å². The van der Waals surface area contributed by atoms with E-state index in [1.54, 1.807) is 11.8 Å². The van der Waals surface area contributed by atoms with Gasteiger partial charge in [0.05, 0.1) is 17.3 Å². The summed E-state index contributed by atoms with van der Waals surface area (Å²) in [6.07, 6.45) is 0.984. The van der Waals surface area contributed by atoms with Crippen molar-refractivity contribution in [1.29, 1.82) is 0 Å². The lowest BCUT2D eigenvalue weighted by atomic mass is 10.3. The molecule has 19 heavy (non-hydrogen) atoms. The Morgan fingerprint density at radius 2 is 2.11 bits per heavy atom. The largest absolute Gasteiger partial charge is 0.493 e. The van der Waals surface area contributed by atoms with Crippen LogP contribution in [0.2, 0.25) is 0 Å². The lowest BCUT2D eigenvalue weighted by Gasteiger charge is -2.08. The fourth-order valence-corrected chi connectivity index (χ4v) is 2.77. The van der Waals surface area contributed by atoms with Crippen molar-refractivity contribution >= 4 is 17.4 Å². The third-order valence-electron chi connectivity index (χ3n) is 2.56. The van der Waals surface area contributed by atoms with E-state index in [9.17, 15) is 0 Å². The maximum atomic E-state index is 5.91. The molecular weight excluding hydrogens is 258 g/mol. The lowest BCUT2D eigenvalue weighted by Crippen LogP contribution is -1.97. The highest BCUT2D eigenvalue weighted by atomic mass is 32.2. The number of nitrogens with zero attached hydrogens (tertiary/aromatic N) is 2. The molecule has 0 amide bonds. The van der Waals surface area contributed by atoms with Crippen molar-refractivity contribution < 1.29 is 4.74 Å². The molecule has 2 aromatic rings. The van der Waals surface area contributed by atoms with Crippen LogP contribution in [0.5, 0.6) is 5.75 Å². The van der Waals surface area contributed by atoms with Crippen LogP contribution < -0.4 is 10.5 Å². The van der Waals surface area contributed by atoms with E-state index in [0.29, 0.717) is 6.61 Å². The van der Waals surface area contributed by atoms with Gasteiger partial charge < -0.3 is 10.5 Å². The van der Waals surface area contributed by atoms with Crippen LogP contribution in [-0.4, -0.2) is 16.4 Å². The number of anilines is 1. The van der Waals surface area contributed by atoms with Crippen LogP contribution in [0.3, 0.4) is 0 Å². The molecule has 0 fully saturated rings. The molecule has 0 aliphatic carbocycles. The van der Waals surface area contributed by atoms with Crippen LogP contribution in [-0.2, 0) is 7.05 Å². The van der Waals surface area contributed by atoms with E-state index in [4.69, 9.17) is 10.5 Å². The minimum Gasteiger partial charge on any atom is -0.493 e. The molecule has 0 unspecified atom stereocenters. The van der Waals surface area contributed by atoms with E-state index in [1.807, 2.05) is 36.9 Å². The monoisotopic (exact) mass is 277 g/mol. The standard InChI is InChI=1S/C14H19N3OS/c1-4-5-18-12-7-11(15)8-13(9-12)19-14-6-10(2)16-17(14)3/h6-9H,4-5,15H2,1-3H3. The molecule has 2 N–H and O–H groups in total. The number of benzene rings is 1. The number of nitrogen functional groups attached to an aromatic ring is 1. The van der Waals surface area contributed by atoms with Crippen LogP contribution in [0.4, 0.5) is 5.69 Å². The van der Waals surface area contributed by atoms with Crippen LogP contribution in [0.15, 0.2) is 34.2 Å². The minimum atomic E-state index is 0.707. The lowest BCUT2D eigenvalue weighted by molar-refractivity contribution is 0.317. The molecule has 0 bridgehead atoms. The van der Waals surface area contributed by atoms with E-state index in [1.165, 1.54) is 0 Å². The Morgan fingerprint density at radius 1 is 1.32 bits per heavy atom. The third-order valence-corrected chi connectivity index (χ3v) is 3.62. The van der Waals surface area contributed by atoms with E-state index in [-0.39, 0.29) is 0 Å². The highest BCUT2D eigenvalue weighted by molar-refractivity contribution is 7.99. The van der Waals surface area contributed by atoms with Gasteiger partial charge in [0.25, 0.3) is 0 Å². The van der Waals surface area contributed by atoms with Crippen LogP contribution >= 0.6 is 11.8 Å². The number of hydrogen-bond donors (Lipinski definition) is 1. The molecule has 0 saturated heterocycles. The molecule has 1 heterocycles. The average molecular weight is 277 g/mol. The molecule has 4 nitrogen and oxygen atoms in total. The average Bonchev–Trinajstić information content (AvgIpc) is 2.64. The zero-order valence-electron chi connectivity index (χ0n) is 11.5. The summed E-state index contributed by atoms with van der Waals surface area (Å²) in [6, 6.07) is 7.87. The molecule has 102 valence electrons. The van der Waals surface area contributed by atoms with Crippen molar-refractivity contribution in [3.8, 4) is 5.75 Å². The van der Waals surface area contributed by atoms with E-state index in [0.717, 1.165) is 33.5 Å². The number of aryl methyl sites for hydroxylation is 2. The molecule has 0 atom stereocenters. The fourth-order valence-electron chi connectivity index (χ4n) is 1.76. The van der Waals surface area contributed by atoms with Crippen molar-refractivity contribution in [3.63, 3.8) is 0 Å². The molecule has 1 aromatic heterocycles. The second-order valence-corrected chi connectivity index (χ2v) is 5.53. The zero-order chi connectivity index (χ0) is 13.8. The number of hydrogen-bond acceptors (Lipinski definition) is 4. The molecule has 0 radical (unpaired) electrons. The van der Waals surface area contributed by atoms with E-state index >= 15 is 0 Å². The minimum absolute atomic E-state index is 0.707. The number of nitrogens with two attached hydrogens (primary N) is 1. The fraction of sp³-hybridized carbons (Fsp3) is 0.357. The van der Waals surface area contributed by atoms with Crippen LogP contribution in [0.1, 0.15) is 19.0 Å². The summed E-state index contributed by atoms with van der Waals surface area (Å²) < 4.78 is 7.50. The van der Waals surface area contributed by atoms with Gasteiger partial charge in [0.1, 0.15) is 5.75 Å². The van der Waals surface area contributed by atoms with Gasteiger partial charge in [-0.2, -0.15) is 5.10 Å². The summed E-state index contributed by atoms with van der Waals surface area (Å²) in [5.74, 6) is 0.822. The SMILES string of the molecule is CCCOc1cc(N)cc(Sc2cc(C)nn2C)c1. The molecule has 1 aromatic carbocycles. The first-order valence-corrected chi connectivity index (χ1v) is 7.12. The first kappa shape index (κ1) is 13.8. The van der Waals surface area contributed by atoms with Crippen LogP contribution in [0.25, 0.3) is 0 Å². The Kier molecular flexibility index (Phi) is 4.37. The molecule has 0 aliphatic heterocycles. The van der Waals surface area contributed by atoms with Gasteiger partial charge in [0.15, 0.2) is 0 Å². The highest BCUT2D eigenvalue weighted by Crippen LogP contribution is 2.32. The maximum Gasteiger partial charge on any atom is 0.122 e. The number of aromatic nitrogens is 2. The molecule has 0 aliphatic rings. The maximum absolute atomic E-state index is 5.91. The molecule has 0 saturated carbocycles. The predicted molar refractivity (Wildman–Crippen MR) is 78.7 cm³/mol. The molecule has 2 rings (SSSR count). The summed E-state index contributed by atoms with van der Waals surface area (Å²) in [5.41, 5.74) is 7.64. The van der Waals surface area contributed by atoms with Crippen molar-refractivity contribution in [2.75, 3.05) is 12.3 Å². The zero-order valence-corrected chi connectivity index (χ0v) is 12.3. The number of ether oxygens (including phenoxy) is 1. The molecule has 0 spiro atoms. The summed E-state index contributed by atoms with van der Waals surface area (Å²) >= 11 is 1.64. The molecular formula is C14H19N3OS. The Bertz CT molecular complexity index is 566. The van der Waals surface area contributed by atoms with Crippen molar-refractivity contribution in [2.45, 2.75) is 30.2 Å². The first-order valence-electron chi connectivity index (χ1n) is 6.30. The van der Waals surface area contributed by atoms with Gasteiger partial charge in [-0.1, -0.05) is 18.7 Å². The Hall–Kier alpha value is -1.62. The van der Waals surface area contributed by atoms with Gasteiger partial charge in [-0.25, -0.2) is 0 Å². The van der Waals surface area contributed by atoms with Gasteiger partial charge in [-0.3, -0.25) is 4.68 Å². The van der Waals surface area contributed by atoms with Crippen LogP contribution in [0, 0.1) is 6.92 Å². The highest BCUT2D eigenvalue weighted by Gasteiger charge is 2.06. The Labute approximate surface area is 117 Å². The second kappa shape index (κ2) is 6.02. The first-order chi connectivity index (χ1) is 9.08. The summed E-state index contributed by atoms with van der Waals surface area (Å²) in [4.78, 5) is 1.06. The van der Waals surface area contributed by atoms with E-state index in [2.05, 4.69) is 18.1 Å². The quantitative estimate of drug-likeness (QED) is 0.852. The number of rotatable bonds is 5. The normalized spacial score (nSPS) is 10.7. The van der Waals surface area contributed by atoms with Crippen molar-refractivity contribution in [3.05, 3.63) is 30.0 Å². The molecule has 5 heteroatoms. The van der Waals surface area contributed by atoms with Crippen molar-refractivity contribution in [2.24, 2.45) is 7.05 Å². The summed E-state index contributed by atoms with van der Waals surface area (Å²) in [7, 11) is 1.94. The topological polar surface area (TPSA) is 53.1 Å². The van der Waals surface area contributed by atoms with E-state index < -0.39 is 0 Å². The smallest absolute Gasteiger partial charge is 0.122 e. The van der Waals surface area contributed by atoms with Gasteiger partial charge >= 0.3 is 0 Å². The van der Waals surface area contributed by atoms with Gasteiger partial charge in [0.2, 0.25) is 0 Å². The van der Waals surface area contributed by atoms with Gasteiger partial charge in [0, 0.05) is 23.7 Å². The summed E-state index contributed by atoms with van der Waals surface area (Å²) in [5, 5.41) is 5.42. The summed E-state index contributed by atoms with van der Waals surface area (Å²) in [6.45, 7) is 4.78. The van der Waals surface area contributed by atoms with Crippen molar-refractivity contribution in [1.82, 2.24) is 9.78 Å². The third kappa shape index (κ3) is 3.67. The Morgan fingerprint density at radius 3 is 2.74 bits per heavy atom. The Balaban J connectivity index is 2.20. The second-order valence-electron chi connectivity index (χ2n) is 4.44. The van der Waals surface area contributed by atoms with Gasteiger partial charge in [-0.05, 0) is 31.5 Å². The predicted octanol–water partition coefficient (Wildman–Crippen LogP) is 3.25.